The van der Waals surface area contributed by atoms with E-state index in [9.17, 15) is 25.5 Å². The van der Waals surface area contributed by atoms with Gasteiger partial charge in [0.1, 0.15) is 0 Å². The van der Waals surface area contributed by atoms with Crippen molar-refractivity contribution < 1.29 is 30.6 Å². The van der Waals surface area contributed by atoms with E-state index in [1.54, 1.807) is 0 Å². The molecule has 0 amide bonds. The van der Waals surface area contributed by atoms with E-state index in [2.05, 4.69) is 0 Å². The lowest BCUT2D eigenvalue weighted by molar-refractivity contribution is -0.297. The highest BCUT2D eigenvalue weighted by atomic mass is 32.3. The Bertz CT molecular complexity index is 314. The van der Waals surface area contributed by atoms with Crippen molar-refractivity contribution in [2.75, 3.05) is 5.75 Å². The summed E-state index contributed by atoms with van der Waals surface area (Å²) >= 11 is 0. The fourth-order valence-corrected chi connectivity index (χ4v) is 2.32. The fourth-order valence-electron chi connectivity index (χ4n) is 1.53. The minimum atomic E-state index is -4.77. The normalized spacial score (nSPS) is 33.9. The van der Waals surface area contributed by atoms with Gasteiger partial charge in [-0.05, 0) is 18.8 Å². The van der Waals surface area contributed by atoms with E-state index < -0.39 is 46.5 Å². The van der Waals surface area contributed by atoms with Crippen LogP contribution in [0.2, 0.25) is 0 Å². The molecule has 14 heavy (non-hydrogen) atoms. The third-order valence-electron chi connectivity index (χ3n) is 2.22. The summed E-state index contributed by atoms with van der Waals surface area (Å²) in [4.78, 5) is 0. The maximum Gasteiger partial charge on any atom is 0.417 e. The smallest absolute Gasteiger partial charge is 0.380 e. The Kier molecular flexibility index (Phi) is 2.56. The monoisotopic (exact) mass is 236 g/mol. The Labute approximate surface area is 77.9 Å². The molecule has 0 radical (unpaired) electrons. The van der Waals surface area contributed by atoms with Gasteiger partial charge in [0.25, 0.3) is 0 Å². The maximum atomic E-state index is 12.0. The van der Waals surface area contributed by atoms with E-state index in [0.717, 1.165) is 0 Å². The molecule has 84 valence electrons. The van der Waals surface area contributed by atoms with Gasteiger partial charge in [-0.15, -0.1) is 3.89 Å². The molecule has 0 unspecified atom stereocenters. The van der Waals surface area contributed by atoms with Gasteiger partial charge < -0.3 is 5.11 Å². The van der Waals surface area contributed by atoms with Crippen molar-refractivity contribution in [1.82, 2.24) is 0 Å². The van der Waals surface area contributed by atoms with Crippen molar-refractivity contribution in [1.29, 1.82) is 0 Å². The van der Waals surface area contributed by atoms with E-state index in [4.69, 9.17) is 5.11 Å². The molecule has 1 aliphatic rings. The Morgan fingerprint density at radius 3 is 2.07 bits per heavy atom. The zero-order valence-electron chi connectivity index (χ0n) is 6.88. The van der Waals surface area contributed by atoms with Crippen molar-refractivity contribution in [3.8, 4) is 0 Å². The average molecular weight is 236 g/mol. The van der Waals surface area contributed by atoms with Crippen LogP contribution in [0.15, 0.2) is 0 Å². The van der Waals surface area contributed by atoms with Crippen molar-refractivity contribution in [2.24, 2.45) is 5.92 Å². The van der Waals surface area contributed by atoms with E-state index in [1.807, 2.05) is 0 Å². The van der Waals surface area contributed by atoms with E-state index >= 15 is 0 Å². The summed E-state index contributed by atoms with van der Waals surface area (Å²) in [6.45, 7) is 0. The lowest BCUT2D eigenvalue weighted by Gasteiger charge is -2.43. The van der Waals surface area contributed by atoms with E-state index in [-0.39, 0.29) is 0 Å². The van der Waals surface area contributed by atoms with Crippen LogP contribution in [0.4, 0.5) is 17.1 Å². The van der Waals surface area contributed by atoms with Gasteiger partial charge in [0.15, 0.2) is 5.60 Å². The number of halogens is 4. The van der Waals surface area contributed by atoms with E-state index in [0.29, 0.717) is 0 Å². The molecule has 0 saturated heterocycles. The van der Waals surface area contributed by atoms with Crippen LogP contribution in [0.3, 0.4) is 0 Å². The molecule has 3 nitrogen and oxygen atoms in total. The highest BCUT2D eigenvalue weighted by Crippen LogP contribution is 2.48. The van der Waals surface area contributed by atoms with Crippen LogP contribution in [-0.2, 0) is 10.2 Å². The molecule has 0 bridgehead atoms. The zero-order valence-corrected chi connectivity index (χ0v) is 7.70. The first-order valence-electron chi connectivity index (χ1n) is 3.75. The van der Waals surface area contributed by atoms with Crippen LogP contribution >= 0.6 is 0 Å². The Hall–Kier alpha value is -0.370. The van der Waals surface area contributed by atoms with Gasteiger partial charge in [0, 0.05) is 0 Å². The molecule has 0 aromatic carbocycles. The van der Waals surface area contributed by atoms with Crippen LogP contribution in [0.25, 0.3) is 0 Å². The lowest BCUT2D eigenvalue weighted by Crippen LogP contribution is -2.56. The maximum absolute atomic E-state index is 12.0. The van der Waals surface area contributed by atoms with Crippen LogP contribution in [-0.4, -0.2) is 31.1 Å². The predicted molar refractivity (Wildman–Crippen MR) is 38.6 cm³/mol. The molecule has 1 N–H and O–H groups in total. The molecule has 0 aromatic heterocycles. The molecule has 1 rings (SSSR count). The van der Waals surface area contributed by atoms with Crippen LogP contribution < -0.4 is 0 Å². The van der Waals surface area contributed by atoms with Gasteiger partial charge in [0.05, 0.1) is 5.75 Å². The molecule has 8 heteroatoms. The van der Waals surface area contributed by atoms with Crippen molar-refractivity contribution in [3.63, 3.8) is 0 Å². The Morgan fingerprint density at radius 2 is 1.79 bits per heavy atom. The van der Waals surface area contributed by atoms with Gasteiger partial charge >= 0.3 is 16.4 Å². The summed E-state index contributed by atoms with van der Waals surface area (Å²) in [6, 6.07) is 0. The molecule has 0 aliphatic heterocycles. The average Bonchev–Trinajstić information content (AvgIpc) is 1.77. The topological polar surface area (TPSA) is 54.4 Å². The summed E-state index contributed by atoms with van der Waals surface area (Å²) in [5.74, 6) is -1.90. The predicted octanol–water partition coefficient (Wildman–Crippen LogP) is 0.989. The summed E-state index contributed by atoms with van der Waals surface area (Å²) in [5.41, 5.74) is -2.83. The molecule has 0 spiro atoms. The summed E-state index contributed by atoms with van der Waals surface area (Å²) in [5, 5.41) is 8.87. The lowest BCUT2D eigenvalue weighted by atomic mass is 9.71. The van der Waals surface area contributed by atoms with Crippen LogP contribution in [0.1, 0.15) is 12.8 Å². The van der Waals surface area contributed by atoms with Gasteiger partial charge in [0.2, 0.25) is 0 Å². The molecule has 1 aliphatic carbocycles. The second kappa shape index (κ2) is 3.06. The third kappa shape index (κ3) is 2.35. The molecular weight excluding hydrogens is 228 g/mol. The zero-order chi connectivity index (χ0) is 11.2. The molecule has 0 atom stereocenters. The van der Waals surface area contributed by atoms with Gasteiger partial charge in [-0.3, -0.25) is 0 Å². The first kappa shape index (κ1) is 11.7. The molecule has 1 fully saturated rings. The molecular formula is C6H8F4O3S. The van der Waals surface area contributed by atoms with Crippen molar-refractivity contribution in [3.05, 3.63) is 0 Å². The van der Waals surface area contributed by atoms with Gasteiger partial charge in [-0.2, -0.15) is 21.6 Å². The summed E-state index contributed by atoms with van der Waals surface area (Å²) in [7, 11) is -4.76. The summed E-state index contributed by atoms with van der Waals surface area (Å²) < 4.78 is 68.1. The molecule has 1 saturated carbocycles. The first-order chi connectivity index (χ1) is 6.04. The standard InChI is InChI=1S/C6H8F4O3S/c7-6(8,9)5(11)1-4(2-5)3-14(10,12)13/h4,11H,1-3H2. The minimum absolute atomic E-state index is 0.750. The molecule has 0 heterocycles. The Balaban J connectivity index is 2.52. The largest absolute Gasteiger partial charge is 0.417 e. The van der Waals surface area contributed by atoms with Crippen LogP contribution in [0.5, 0.6) is 0 Å². The first-order valence-corrected chi connectivity index (χ1v) is 5.30. The summed E-state index contributed by atoms with van der Waals surface area (Å²) in [6.07, 6.45) is -6.27. The Morgan fingerprint density at radius 1 is 1.36 bits per heavy atom. The molecule has 0 aromatic rings. The number of aliphatic hydroxyl groups is 1. The highest BCUT2D eigenvalue weighted by molar-refractivity contribution is 7.86. The quantitative estimate of drug-likeness (QED) is 0.574. The van der Waals surface area contributed by atoms with Gasteiger partial charge in [-0.1, -0.05) is 0 Å². The SMILES string of the molecule is O=S(=O)(F)CC1CC(O)(C(F)(F)F)C1. The highest BCUT2D eigenvalue weighted by Gasteiger charge is 2.61. The minimum Gasteiger partial charge on any atom is -0.380 e. The fraction of sp³-hybridized carbons (Fsp3) is 1.00. The second-order valence-electron chi connectivity index (χ2n) is 3.51. The van der Waals surface area contributed by atoms with E-state index in [1.165, 1.54) is 0 Å². The van der Waals surface area contributed by atoms with Crippen molar-refractivity contribution >= 4 is 10.2 Å². The van der Waals surface area contributed by atoms with Gasteiger partial charge in [-0.25, -0.2) is 0 Å². The second-order valence-corrected chi connectivity index (χ2v) is 4.92. The number of hydrogen-bond acceptors (Lipinski definition) is 3. The number of rotatable bonds is 2. The van der Waals surface area contributed by atoms with Crippen LogP contribution in [0, 0.1) is 5.92 Å². The third-order valence-corrected chi connectivity index (χ3v) is 3.08. The van der Waals surface area contributed by atoms with Crippen molar-refractivity contribution in [2.45, 2.75) is 24.6 Å². The number of alkyl halides is 3. The number of hydrogen-bond donors (Lipinski definition) is 1.